The van der Waals surface area contributed by atoms with E-state index in [2.05, 4.69) is 4.98 Å². The Morgan fingerprint density at radius 1 is 1.00 bits per heavy atom. The number of aromatic nitrogens is 2. The molecular formula is C13H9FN2O. The second-order valence-corrected chi connectivity index (χ2v) is 3.76. The molecule has 2 aromatic carbocycles. The van der Waals surface area contributed by atoms with Gasteiger partial charge >= 0.3 is 5.69 Å². The molecule has 0 radical (unpaired) electrons. The summed E-state index contributed by atoms with van der Waals surface area (Å²) in [6.07, 6.45) is 0. The van der Waals surface area contributed by atoms with E-state index < -0.39 is 0 Å². The van der Waals surface area contributed by atoms with Gasteiger partial charge in [0.05, 0.1) is 16.7 Å². The monoisotopic (exact) mass is 228 g/mol. The van der Waals surface area contributed by atoms with Gasteiger partial charge in [0.25, 0.3) is 0 Å². The van der Waals surface area contributed by atoms with E-state index in [0.717, 1.165) is 11.0 Å². The number of rotatable bonds is 1. The minimum Gasteiger partial charge on any atom is -0.305 e. The van der Waals surface area contributed by atoms with Gasteiger partial charge in [-0.05, 0) is 36.4 Å². The Kier molecular flexibility index (Phi) is 2.08. The van der Waals surface area contributed by atoms with E-state index in [1.165, 1.54) is 16.7 Å². The standard InChI is InChI=1S/C13H9FN2O/c14-9-5-7-10(8-6-9)16-12-4-2-1-3-11(12)15-13(16)17/h1-8H,(H,15,17). The maximum Gasteiger partial charge on any atom is 0.331 e. The molecule has 0 atom stereocenters. The zero-order chi connectivity index (χ0) is 11.8. The van der Waals surface area contributed by atoms with Gasteiger partial charge < -0.3 is 4.98 Å². The van der Waals surface area contributed by atoms with Gasteiger partial charge in [-0.15, -0.1) is 0 Å². The fourth-order valence-corrected chi connectivity index (χ4v) is 1.90. The zero-order valence-corrected chi connectivity index (χ0v) is 8.85. The second kappa shape index (κ2) is 3.59. The number of H-pyrrole nitrogens is 1. The van der Waals surface area contributed by atoms with Crippen LogP contribution in [-0.4, -0.2) is 9.55 Å². The molecule has 0 spiro atoms. The molecule has 0 aliphatic carbocycles. The molecule has 3 rings (SSSR count). The number of benzene rings is 2. The lowest BCUT2D eigenvalue weighted by atomic mass is 10.3. The SMILES string of the molecule is O=c1[nH]c2ccccc2n1-c1ccc(F)cc1. The molecule has 0 unspecified atom stereocenters. The van der Waals surface area contributed by atoms with Crippen LogP contribution in [-0.2, 0) is 0 Å². The van der Waals surface area contributed by atoms with Gasteiger partial charge in [0, 0.05) is 0 Å². The van der Waals surface area contributed by atoms with E-state index in [1.807, 2.05) is 24.3 Å². The van der Waals surface area contributed by atoms with Crippen LogP contribution >= 0.6 is 0 Å². The second-order valence-electron chi connectivity index (χ2n) is 3.76. The van der Waals surface area contributed by atoms with Crippen molar-refractivity contribution in [1.82, 2.24) is 9.55 Å². The van der Waals surface area contributed by atoms with E-state index in [1.54, 1.807) is 12.1 Å². The number of para-hydroxylation sites is 2. The molecule has 0 aliphatic heterocycles. The molecule has 3 aromatic rings. The molecule has 0 aliphatic rings. The van der Waals surface area contributed by atoms with E-state index >= 15 is 0 Å². The first kappa shape index (κ1) is 9.84. The first-order chi connectivity index (χ1) is 8.25. The number of hydrogen-bond acceptors (Lipinski definition) is 1. The van der Waals surface area contributed by atoms with Gasteiger partial charge in [0.1, 0.15) is 5.82 Å². The van der Waals surface area contributed by atoms with E-state index in [-0.39, 0.29) is 11.5 Å². The number of halogens is 1. The van der Waals surface area contributed by atoms with Crippen LogP contribution in [0.15, 0.2) is 53.3 Å². The van der Waals surface area contributed by atoms with E-state index in [4.69, 9.17) is 0 Å². The maximum atomic E-state index is 12.8. The van der Waals surface area contributed by atoms with Crippen molar-refractivity contribution in [2.45, 2.75) is 0 Å². The van der Waals surface area contributed by atoms with Crippen LogP contribution in [0.3, 0.4) is 0 Å². The van der Waals surface area contributed by atoms with Crippen molar-refractivity contribution in [3.63, 3.8) is 0 Å². The summed E-state index contributed by atoms with van der Waals surface area (Å²) in [6.45, 7) is 0. The Bertz CT molecular complexity index is 725. The minimum atomic E-state index is -0.318. The van der Waals surface area contributed by atoms with Crippen LogP contribution in [0.2, 0.25) is 0 Å². The molecule has 17 heavy (non-hydrogen) atoms. The van der Waals surface area contributed by atoms with Gasteiger partial charge in [0.2, 0.25) is 0 Å². The highest BCUT2D eigenvalue weighted by Gasteiger charge is 2.07. The first-order valence-electron chi connectivity index (χ1n) is 5.21. The number of nitrogens with zero attached hydrogens (tertiary/aromatic N) is 1. The van der Waals surface area contributed by atoms with Crippen molar-refractivity contribution >= 4 is 11.0 Å². The Hall–Kier alpha value is -2.36. The number of hydrogen-bond donors (Lipinski definition) is 1. The largest absolute Gasteiger partial charge is 0.331 e. The Morgan fingerprint density at radius 2 is 1.71 bits per heavy atom. The van der Waals surface area contributed by atoms with Crippen LogP contribution in [0.5, 0.6) is 0 Å². The highest BCUT2D eigenvalue weighted by molar-refractivity contribution is 5.77. The van der Waals surface area contributed by atoms with Crippen LogP contribution in [0.1, 0.15) is 0 Å². The topological polar surface area (TPSA) is 37.8 Å². The highest BCUT2D eigenvalue weighted by Crippen LogP contribution is 2.15. The fraction of sp³-hybridized carbons (Fsp3) is 0. The molecule has 4 heteroatoms. The van der Waals surface area contributed by atoms with Crippen LogP contribution in [0.4, 0.5) is 4.39 Å². The summed E-state index contributed by atoms with van der Waals surface area (Å²) in [7, 11) is 0. The summed E-state index contributed by atoms with van der Waals surface area (Å²) in [5, 5.41) is 0. The third-order valence-electron chi connectivity index (χ3n) is 2.67. The third kappa shape index (κ3) is 1.54. The van der Waals surface area contributed by atoms with Gasteiger partial charge in [-0.2, -0.15) is 0 Å². The van der Waals surface area contributed by atoms with Gasteiger partial charge in [-0.1, -0.05) is 12.1 Å². The average molecular weight is 228 g/mol. The van der Waals surface area contributed by atoms with Crippen molar-refractivity contribution in [3.05, 3.63) is 64.8 Å². The lowest BCUT2D eigenvalue weighted by molar-refractivity contribution is 0.627. The van der Waals surface area contributed by atoms with E-state index in [0.29, 0.717) is 5.69 Å². The quantitative estimate of drug-likeness (QED) is 0.682. The highest BCUT2D eigenvalue weighted by atomic mass is 19.1. The Morgan fingerprint density at radius 3 is 2.47 bits per heavy atom. The fourth-order valence-electron chi connectivity index (χ4n) is 1.90. The third-order valence-corrected chi connectivity index (χ3v) is 2.67. The molecule has 3 nitrogen and oxygen atoms in total. The Labute approximate surface area is 96.1 Å². The van der Waals surface area contributed by atoms with Gasteiger partial charge in [-0.25, -0.2) is 9.18 Å². The average Bonchev–Trinajstić information content (AvgIpc) is 2.66. The molecule has 0 saturated heterocycles. The lowest BCUT2D eigenvalue weighted by Gasteiger charge is -2.02. The summed E-state index contributed by atoms with van der Waals surface area (Å²) >= 11 is 0. The van der Waals surface area contributed by atoms with Gasteiger partial charge in [0.15, 0.2) is 0 Å². The van der Waals surface area contributed by atoms with Gasteiger partial charge in [-0.3, -0.25) is 4.57 Å². The number of nitrogens with one attached hydrogen (secondary N) is 1. The molecule has 0 saturated carbocycles. The minimum absolute atomic E-state index is 0.224. The predicted molar refractivity (Wildman–Crippen MR) is 63.9 cm³/mol. The van der Waals surface area contributed by atoms with Crippen molar-refractivity contribution in [1.29, 1.82) is 0 Å². The normalized spacial score (nSPS) is 10.9. The molecule has 1 aromatic heterocycles. The molecule has 0 amide bonds. The molecule has 0 fully saturated rings. The van der Waals surface area contributed by atoms with Crippen molar-refractivity contribution in [2.24, 2.45) is 0 Å². The lowest BCUT2D eigenvalue weighted by Crippen LogP contribution is -2.14. The number of aromatic amines is 1. The van der Waals surface area contributed by atoms with E-state index in [9.17, 15) is 9.18 Å². The zero-order valence-electron chi connectivity index (χ0n) is 8.85. The smallest absolute Gasteiger partial charge is 0.305 e. The molecule has 0 bridgehead atoms. The van der Waals surface area contributed by atoms with Crippen LogP contribution in [0, 0.1) is 5.82 Å². The number of imidazole rings is 1. The first-order valence-corrected chi connectivity index (χ1v) is 5.21. The van der Waals surface area contributed by atoms with Crippen LogP contribution < -0.4 is 5.69 Å². The molecule has 1 N–H and O–H groups in total. The summed E-state index contributed by atoms with van der Waals surface area (Å²) in [5.41, 5.74) is 1.97. The Balaban J connectivity index is 2.33. The van der Waals surface area contributed by atoms with Crippen LogP contribution in [0.25, 0.3) is 16.7 Å². The molecule has 84 valence electrons. The number of fused-ring (bicyclic) bond motifs is 1. The summed E-state index contributed by atoms with van der Waals surface area (Å²) < 4.78 is 14.4. The predicted octanol–water partition coefficient (Wildman–Crippen LogP) is 2.46. The van der Waals surface area contributed by atoms with Crippen molar-refractivity contribution in [3.8, 4) is 5.69 Å². The van der Waals surface area contributed by atoms with Crippen molar-refractivity contribution in [2.75, 3.05) is 0 Å². The molecular weight excluding hydrogens is 219 g/mol. The summed E-state index contributed by atoms with van der Waals surface area (Å²) in [4.78, 5) is 14.6. The molecule has 1 heterocycles. The summed E-state index contributed by atoms with van der Waals surface area (Å²) in [6, 6.07) is 13.2. The summed E-state index contributed by atoms with van der Waals surface area (Å²) in [5.74, 6) is -0.318. The maximum absolute atomic E-state index is 12.8. The van der Waals surface area contributed by atoms with Crippen molar-refractivity contribution < 1.29 is 4.39 Å².